The molecule has 0 amide bonds. The summed E-state index contributed by atoms with van der Waals surface area (Å²) in [6.45, 7) is 5.82. The summed E-state index contributed by atoms with van der Waals surface area (Å²) in [5, 5.41) is 0. The van der Waals surface area contributed by atoms with Crippen LogP contribution in [-0.4, -0.2) is 15.0 Å². The van der Waals surface area contributed by atoms with Gasteiger partial charge in [-0.15, -0.1) is 0 Å². The van der Waals surface area contributed by atoms with Crippen LogP contribution in [-0.2, 0) is 0 Å². The Hall–Kier alpha value is -2.99. The van der Waals surface area contributed by atoms with Crippen molar-refractivity contribution in [2.75, 3.05) is 0 Å². The van der Waals surface area contributed by atoms with Crippen molar-refractivity contribution in [3.05, 3.63) is 76.9 Å². The van der Waals surface area contributed by atoms with Crippen LogP contribution in [0, 0.1) is 32.6 Å². The van der Waals surface area contributed by atoms with Crippen LogP contribution in [0.2, 0.25) is 0 Å². The fraction of sp³-hybridized carbons (Fsp3) is 0.150. The maximum Gasteiger partial charge on any atom is 0.163 e. The molecular weight excluding hydrogens is 282 g/mol. The smallest absolute Gasteiger partial charge is 0.163 e. The van der Waals surface area contributed by atoms with Gasteiger partial charge in [-0.05, 0) is 57.2 Å². The van der Waals surface area contributed by atoms with Gasteiger partial charge in [0.25, 0.3) is 0 Å². The zero-order valence-electron chi connectivity index (χ0n) is 13.5. The van der Waals surface area contributed by atoms with Crippen molar-refractivity contribution in [1.82, 2.24) is 15.0 Å². The van der Waals surface area contributed by atoms with Crippen LogP contribution in [0.5, 0.6) is 0 Å². The van der Waals surface area contributed by atoms with Crippen LogP contribution in [0.15, 0.2) is 48.5 Å². The minimum atomic E-state index is 0.702. The molecule has 2 aromatic carbocycles. The van der Waals surface area contributed by atoms with E-state index >= 15 is 0 Å². The lowest BCUT2D eigenvalue weighted by molar-refractivity contribution is 0.928. The molecule has 0 saturated heterocycles. The van der Waals surface area contributed by atoms with Crippen LogP contribution in [0.4, 0.5) is 0 Å². The fourth-order valence-electron chi connectivity index (χ4n) is 2.23. The summed E-state index contributed by atoms with van der Waals surface area (Å²) in [6.07, 6.45) is 0. The van der Waals surface area contributed by atoms with Crippen molar-refractivity contribution in [3.63, 3.8) is 0 Å². The first-order chi connectivity index (χ1) is 11.1. The highest BCUT2D eigenvalue weighted by Gasteiger charge is 2.03. The summed E-state index contributed by atoms with van der Waals surface area (Å²) in [7, 11) is 0. The molecule has 0 unspecified atom stereocenters. The van der Waals surface area contributed by atoms with Gasteiger partial charge in [-0.1, -0.05) is 29.5 Å². The van der Waals surface area contributed by atoms with Crippen molar-refractivity contribution in [2.45, 2.75) is 20.8 Å². The van der Waals surface area contributed by atoms with Crippen LogP contribution in [0.3, 0.4) is 0 Å². The molecule has 1 aromatic heterocycles. The summed E-state index contributed by atoms with van der Waals surface area (Å²) in [5.74, 6) is 8.52. The molecule has 0 aliphatic heterocycles. The van der Waals surface area contributed by atoms with Gasteiger partial charge in [0.1, 0.15) is 11.6 Å². The molecule has 0 N–H and O–H groups in total. The summed E-state index contributed by atoms with van der Waals surface area (Å²) in [6, 6.07) is 16.2. The highest BCUT2D eigenvalue weighted by atomic mass is 15.0. The van der Waals surface area contributed by atoms with Gasteiger partial charge in [0, 0.05) is 16.7 Å². The van der Waals surface area contributed by atoms with Crippen molar-refractivity contribution >= 4 is 0 Å². The standard InChI is InChI=1S/C20H17N3/c1-14-4-6-17(7-5-14)8-9-18-10-12-19(13-11-18)20-22-15(2)21-16(3)23-20/h4-7,10-13H,1-3H3. The minimum Gasteiger partial charge on any atom is -0.219 e. The van der Waals surface area contributed by atoms with Gasteiger partial charge < -0.3 is 0 Å². The first-order valence-corrected chi connectivity index (χ1v) is 7.48. The Balaban J connectivity index is 1.84. The molecule has 0 aliphatic carbocycles. The predicted octanol–water partition coefficient (Wildman–Crippen LogP) is 3.86. The molecular formula is C20H17N3. The van der Waals surface area contributed by atoms with Gasteiger partial charge >= 0.3 is 0 Å². The van der Waals surface area contributed by atoms with Crippen molar-refractivity contribution < 1.29 is 0 Å². The molecule has 0 saturated carbocycles. The second-order valence-electron chi connectivity index (χ2n) is 5.45. The van der Waals surface area contributed by atoms with Gasteiger partial charge in [0.15, 0.2) is 5.82 Å². The topological polar surface area (TPSA) is 38.7 Å². The van der Waals surface area contributed by atoms with E-state index in [1.165, 1.54) is 5.56 Å². The van der Waals surface area contributed by atoms with Crippen LogP contribution >= 0.6 is 0 Å². The molecule has 23 heavy (non-hydrogen) atoms. The highest BCUT2D eigenvalue weighted by Crippen LogP contribution is 2.15. The van der Waals surface area contributed by atoms with E-state index in [4.69, 9.17) is 0 Å². The van der Waals surface area contributed by atoms with E-state index in [1.807, 2.05) is 50.2 Å². The number of nitrogens with zero attached hydrogens (tertiary/aromatic N) is 3. The molecule has 0 aliphatic rings. The average Bonchev–Trinajstić information content (AvgIpc) is 2.54. The summed E-state index contributed by atoms with van der Waals surface area (Å²) in [4.78, 5) is 13.0. The normalized spacial score (nSPS) is 10.0. The summed E-state index contributed by atoms with van der Waals surface area (Å²) in [5.41, 5.74) is 4.20. The lowest BCUT2D eigenvalue weighted by Gasteiger charge is -2.02. The molecule has 0 spiro atoms. The Bertz CT molecular complexity index is 863. The van der Waals surface area contributed by atoms with Gasteiger partial charge in [-0.25, -0.2) is 15.0 Å². The zero-order valence-corrected chi connectivity index (χ0v) is 13.5. The molecule has 0 atom stereocenters. The quantitative estimate of drug-likeness (QED) is 0.640. The zero-order chi connectivity index (χ0) is 16.2. The molecule has 3 heteroatoms. The average molecular weight is 299 g/mol. The second-order valence-corrected chi connectivity index (χ2v) is 5.45. The molecule has 1 heterocycles. The maximum absolute atomic E-state index is 4.38. The Morgan fingerprint density at radius 3 is 1.61 bits per heavy atom. The second kappa shape index (κ2) is 6.41. The molecule has 3 rings (SSSR count). The summed E-state index contributed by atoms with van der Waals surface area (Å²) >= 11 is 0. The molecule has 112 valence electrons. The van der Waals surface area contributed by atoms with Gasteiger partial charge in [-0.2, -0.15) is 0 Å². The number of hydrogen-bond acceptors (Lipinski definition) is 3. The minimum absolute atomic E-state index is 0.702. The van der Waals surface area contributed by atoms with E-state index in [2.05, 4.69) is 45.8 Å². The largest absolute Gasteiger partial charge is 0.219 e. The lowest BCUT2D eigenvalue weighted by atomic mass is 10.1. The van der Waals surface area contributed by atoms with Crippen molar-refractivity contribution in [3.8, 4) is 23.2 Å². The van der Waals surface area contributed by atoms with Crippen molar-refractivity contribution in [1.29, 1.82) is 0 Å². The van der Waals surface area contributed by atoms with Gasteiger partial charge in [0.2, 0.25) is 0 Å². The van der Waals surface area contributed by atoms with Crippen LogP contribution < -0.4 is 0 Å². The molecule has 0 radical (unpaired) electrons. The maximum atomic E-state index is 4.38. The lowest BCUT2D eigenvalue weighted by Crippen LogP contribution is -1.98. The Labute approximate surface area is 136 Å². The van der Waals surface area contributed by atoms with Crippen LogP contribution in [0.25, 0.3) is 11.4 Å². The van der Waals surface area contributed by atoms with E-state index in [1.54, 1.807) is 0 Å². The SMILES string of the molecule is Cc1ccc(C#Cc2ccc(-c3nc(C)nc(C)n3)cc2)cc1. The van der Waals surface area contributed by atoms with Gasteiger partial charge in [0.05, 0.1) is 0 Å². The van der Waals surface area contributed by atoms with E-state index < -0.39 is 0 Å². The Morgan fingerprint density at radius 2 is 1.09 bits per heavy atom. The van der Waals surface area contributed by atoms with Crippen molar-refractivity contribution in [2.24, 2.45) is 0 Å². The van der Waals surface area contributed by atoms with Gasteiger partial charge in [-0.3, -0.25) is 0 Å². The third-order valence-corrected chi connectivity index (χ3v) is 3.40. The number of benzene rings is 2. The monoisotopic (exact) mass is 299 g/mol. The number of rotatable bonds is 1. The Morgan fingerprint density at radius 1 is 0.609 bits per heavy atom. The number of hydrogen-bond donors (Lipinski definition) is 0. The van der Waals surface area contributed by atoms with E-state index in [9.17, 15) is 0 Å². The predicted molar refractivity (Wildman–Crippen MR) is 91.9 cm³/mol. The highest BCUT2D eigenvalue weighted by molar-refractivity contribution is 5.57. The summed E-state index contributed by atoms with van der Waals surface area (Å²) < 4.78 is 0. The molecule has 0 bridgehead atoms. The first kappa shape index (κ1) is 14.9. The third-order valence-electron chi connectivity index (χ3n) is 3.40. The number of aromatic nitrogens is 3. The van der Waals surface area contributed by atoms with Crippen LogP contribution in [0.1, 0.15) is 28.3 Å². The molecule has 0 fully saturated rings. The number of aryl methyl sites for hydroxylation is 3. The third kappa shape index (κ3) is 3.81. The fourth-order valence-corrected chi connectivity index (χ4v) is 2.23. The van der Waals surface area contributed by atoms with E-state index in [0.717, 1.165) is 28.3 Å². The van der Waals surface area contributed by atoms with E-state index in [-0.39, 0.29) is 0 Å². The first-order valence-electron chi connectivity index (χ1n) is 7.48. The Kier molecular flexibility index (Phi) is 4.16. The molecule has 3 nitrogen and oxygen atoms in total. The molecule has 3 aromatic rings. The van der Waals surface area contributed by atoms with E-state index in [0.29, 0.717) is 5.82 Å².